The lowest BCUT2D eigenvalue weighted by atomic mass is 9.99. The molecule has 7 heteroatoms. The lowest BCUT2D eigenvalue weighted by Crippen LogP contribution is -2.20. The van der Waals surface area contributed by atoms with Crippen molar-refractivity contribution in [3.05, 3.63) is 62.0 Å². The molecule has 1 aliphatic heterocycles. The van der Waals surface area contributed by atoms with Crippen LogP contribution in [0.2, 0.25) is 0 Å². The Bertz CT molecular complexity index is 760. The average Bonchev–Trinajstić information content (AvgIpc) is 2.63. The highest BCUT2D eigenvalue weighted by molar-refractivity contribution is 9.13. The van der Waals surface area contributed by atoms with Crippen LogP contribution in [-0.4, -0.2) is 23.6 Å². The van der Waals surface area contributed by atoms with Gasteiger partial charge in [-0.3, -0.25) is 4.99 Å². The van der Waals surface area contributed by atoms with E-state index >= 15 is 0 Å². The van der Waals surface area contributed by atoms with E-state index in [0.29, 0.717) is 20.2 Å². The van der Waals surface area contributed by atoms with Gasteiger partial charge >= 0.3 is 0 Å². The highest BCUT2D eigenvalue weighted by Gasteiger charge is 2.26. The minimum atomic E-state index is -0.931. The molecule has 1 atom stereocenters. The fourth-order valence-electron chi connectivity index (χ4n) is 2.31. The normalized spacial score (nSPS) is 17.3. The van der Waals surface area contributed by atoms with Crippen molar-refractivity contribution in [1.29, 1.82) is 0 Å². The molecule has 0 radical (unpaired) electrons. The predicted octanol–water partition coefficient (Wildman–Crippen LogP) is 4.07. The standard InChI is InChI=1S/C15H10Br2F2N2O/c16-7-4-5-10-13(14(7)17)15(20-6-11(22)21-10)12-8(18)2-1-3-9(12)19/h1-5,11,21-22H,6H2. The van der Waals surface area contributed by atoms with Crippen molar-refractivity contribution in [2.45, 2.75) is 6.23 Å². The van der Waals surface area contributed by atoms with Gasteiger partial charge in [-0.15, -0.1) is 0 Å². The Morgan fingerprint density at radius 2 is 1.77 bits per heavy atom. The molecule has 0 bridgehead atoms. The summed E-state index contributed by atoms with van der Waals surface area (Å²) in [5, 5.41) is 12.7. The number of hydrogen-bond acceptors (Lipinski definition) is 3. The van der Waals surface area contributed by atoms with Crippen molar-refractivity contribution < 1.29 is 13.9 Å². The van der Waals surface area contributed by atoms with Gasteiger partial charge in [0.15, 0.2) is 0 Å². The lowest BCUT2D eigenvalue weighted by molar-refractivity contribution is 0.213. The summed E-state index contributed by atoms with van der Waals surface area (Å²) < 4.78 is 29.6. The molecule has 0 saturated heterocycles. The van der Waals surface area contributed by atoms with E-state index in [-0.39, 0.29) is 17.8 Å². The van der Waals surface area contributed by atoms with E-state index in [0.717, 1.165) is 0 Å². The highest BCUT2D eigenvalue weighted by Crippen LogP contribution is 2.36. The first-order valence-corrected chi connectivity index (χ1v) is 7.99. The quantitative estimate of drug-likeness (QED) is 0.714. The molecule has 114 valence electrons. The largest absolute Gasteiger partial charge is 0.372 e. The van der Waals surface area contributed by atoms with Gasteiger partial charge in [-0.05, 0) is 56.1 Å². The van der Waals surface area contributed by atoms with Gasteiger partial charge in [0.2, 0.25) is 0 Å². The molecule has 2 N–H and O–H groups in total. The monoisotopic (exact) mass is 430 g/mol. The molecule has 0 spiro atoms. The molecule has 3 nitrogen and oxygen atoms in total. The summed E-state index contributed by atoms with van der Waals surface area (Å²) in [6, 6.07) is 7.15. The number of aliphatic hydroxyl groups is 1. The number of nitrogens with one attached hydrogen (secondary N) is 1. The Labute approximate surface area is 142 Å². The van der Waals surface area contributed by atoms with Crippen LogP contribution in [0.4, 0.5) is 14.5 Å². The molecular weight excluding hydrogens is 422 g/mol. The van der Waals surface area contributed by atoms with E-state index in [1.807, 2.05) is 0 Å². The number of rotatable bonds is 1. The summed E-state index contributed by atoms with van der Waals surface area (Å²) in [7, 11) is 0. The van der Waals surface area contributed by atoms with Crippen LogP contribution in [0.3, 0.4) is 0 Å². The van der Waals surface area contributed by atoms with Crippen LogP contribution in [-0.2, 0) is 0 Å². The Morgan fingerprint density at radius 1 is 1.09 bits per heavy atom. The third-order valence-corrected chi connectivity index (χ3v) is 5.29. The van der Waals surface area contributed by atoms with Crippen LogP contribution in [0.15, 0.2) is 44.3 Å². The molecule has 3 rings (SSSR count). The number of fused-ring (bicyclic) bond motifs is 1. The Balaban J connectivity index is 2.31. The van der Waals surface area contributed by atoms with Gasteiger partial charge in [0.05, 0.1) is 17.8 Å². The van der Waals surface area contributed by atoms with Crippen molar-refractivity contribution in [1.82, 2.24) is 0 Å². The number of anilines is 1. The van der Waals surface area contributed by atoms with Crippen molar-refractivity contribution in [2.24, 2.45) is 4.99 Å². The molecule has 1 aliphatic rings. The number of nitrogens with zero attached hydrogens (tertiary/aromatic N) is 1. The van der Waals surface area contributed by atoms with Gasteiger partial charge in [-0.2, -0.15) is 0 Å². The summed E-state index contributed by atoms with van der Waals surface area (Å²) >= 11 is 6.79. The fraction of sp³-hybridized carbons (Fsp3) is 0.133. The van der Waals surface area contributed by atoms with Gasteiger partial charge in [0.25, 0.3) is 0 Å². The number of benzene rings is 2. The molecular formula is C15H10Br2F2N2O. The first kappa shape index (κ1) is 15.6. The molecule has 0 saturated carbocycles. The van der Waals surface area contributed by atoms with E-state index in [9.17, 15) is 13.9 Å². The second-order valence-electron chi connectivity index (χ2n) is 4.73. The lowest BCUT2D eigenvalue weighted by Gasteiger charge is -2.15. The molecule has 1 unspecified atom stereocenters. The molecule has 0 aromatic heterocycles. The Kier molecular flexibility index (Phi) is 4.29. The first-order chi connectivity index (χ1) is 10.5. The predicted molar refractivity (Wildman–Crippen MR) is 88.3 cm³/mol. The maximum absolute atomic E-state index is 14.2. The number of aliphatic hydroxyl groups excluding tert-OH is 1. The van der Waals surface area contributed by atoms with Crippen molar-refractivity contribution >= 4 is 43.3 Å². The van der Waals surface area contributed by atoms with Crippen molar-refractivity contribution in [3.63, 3.8) is 0 Å². The minimum Gasteiger partial charge on any atom is -0.372 e. The van der Waals surface area contributed by atoms with Crippen molar-refractivity contribution in [2.75, 3.05) is 11.9 Å². The summed E-state index contributed by atoms with van der Waals surface area (Å²) in [4.78, 5) is 4.21. The summed E-state index contributed by atoms with van der Waals surface area (Å²) in [5.74, 6) is -1.40. The van der Waals surface area contributed by atoms with Gasteiger partial charge in [0, 0.05) is 20.2 Å². The number of benzodiazepines with no additional fused rings is 1. The second kappa shape index (κ2) is 6.06. The molecule has 2 aromatic rings. The van der Waals surface area contributed by atoms with Crippen LogP contribution < -0.4 is 5.32 Å². The zero-order valence-electron chi connectivity index (χ0n) is 11.1. The molecule has 0 fully saturated rings. The van der Waals surface area contributed by atoms with Gasteiger partial charge in [-0.25, -0.2) is 8.78 Å². The zero-order chi connectivity index (χ0) is 15.9. The maximum atomic E-state index is 14.2. The van der Waals surface area contributed by atoms with E-state index in [4.69, 9.17) is 0 Å². The summed E-state index contributed by atoms with van der Waals surface area (Å²) in [6.07, 6.45) is -0.931. The first-order valence-electron chi connectivity index (χ1n) is 6.41. The topological polar surface area (TPSA) is 44.6 Å². The van der Waals surface area contributed by atoms with E-state index in [1.54, 1.807) is 12.1 Å². The Hall–Kier alpha value is -1.31. The minimum absolute atomic E-state index is 0.0121. The molecule has 1 heterocycles. The summed E-state index contributed by atoms with van der Waals surface area (Å²) in [6.45, 7) is -0.0121. The smallest absolute Gasteiger partial charge is 0.144 e. The van der Waals surface area contributed by atoms with Gasteiger partial charge in [0.1, 0.15) is 17.9 Å². The van der Waals surface area contributed by atoms with Crippen LogP contribution >= 0.6 is 31.9 Å². The Morgan fingerprint density at radius 3 is 2.45 bits per heavy atom. The number of halogens is 4. The van der Waals surface area contributed by atoms with Crippen LogP contribution in [0.5, 0.6) is 0 Å². The zero-order valence-corrected chi connectivity index (χ0v) is 14.2. The molecule has 0 aliphatic carbocycles. The number of aliphatic imine (C=N–C) groups is 1. The molecule has 0 amide bonds. The summed E-state index contributed by atoms with van der Waals surface area (Å²) in [5.41, 5.74) is 0.984. The second-order valence-corrected chi connectivity index (χ2v) is 6.38. The third-order valence-electron chi connectivity index (χ3n) is 3.28. The maximum Gasteiger partial charge on any atom is 0.144 e. The van der Waals surface area contributed by atoms with Crippen LogP contribution in [0.25, 0.3) is 0 Å². The SMILES string of the molecule is OC1CN=C(c2c(F)cccc2F)c2c(ccc(Br)c2Br)N1. The van der Waals surface area contributed by atoms with E-state index in [2.05, 4.69) is 42.2 Å². The molecule has 2 aromatic carbocycles. The van der Waals surface area contributed by atoms with E-state index < -0.39 is 17.9 Å². The van der Waals surface area contributed by atoms with Gasteiger partial charge < -0.3 is 10.4 Å². The molecule has 22 heavy (non-hydrogen) atoms. The van der Waals surface area contributed by atoms with Crippen LogP contribution in [0.1, 0.15) is 11.1 Å². The fourth-order valence-corrected chi connectivity index (χ4v) is 3.18. The number of hydrogen-bond donors (Lipinski definition) is 2. The third kappa shape index (κ3) is 2.68. The van der Waals surface area contributed by atoms with Crippen LogP contribution in [0, 0.1) is 11.6 Å². The highest BCUT2D eigenvalue weighted by atomic mass is 79.9. The van der Waals surface area contributed by atoms with Gasteiger partial charge in [-0.1, -0.05) is 6.07 Å². The van der Waals surface area contributed by atoms with E-state index in [1.165, 1.54) is 18.2 Å². The average molecular weight is 432 g/mol. The van der Waals surface area contributed by atoms with Crippen molar-refractivity contribution in [3.8, 4) is 0 Å².